The summed E-state index contributed by atoms with van der Waals surface area (Å²) in [6.07, 6.45) is 4.80. The Morgan fingerprint density at radius 1 is 1.27 bits per heavy atom. The molecule has 1 aliphatic rings. The van der Waals surface area contributed by atoms with Gasteiger partial charge in [-0.1, -0.05) is 5.21 Å². The predicted octanol–water partition coefficient (Wildman–Crippen LogP) is 2.97. The van der Waals surface area contributed by atoms with Crippen molar-refractivity contribution in [2.75, 3.05) is 0 Å². The second-order valence-corrected chi connectivity index (χ2v) is 6.27. The molecule has 120 valence electrons. The maximum Gasteiger partial charge on any atom is 0.248 e. The Morgan fingerprint density at radius 3 is 2.64 bits per heavy atom. The van der Waals surface area contributed by atoms with Crippen molar-refractivity contribution in [3.63, 3.8) is 0 Å². The Bertz CT molecular complexity index is 636. The fourth-order valence-corrected chi connectivity index (χ4v) is 2.93. The van der Waals surface area contributed by atoms with Gasteiger partial charge in [0.2, 0.25) is 5.92 Å². The van der Waals surface area contributed by atoms with Gasteiger partial charge in [-0.05, 0) is 32.6 Å². The van der Waals surface area contributed by atoms with E-state index in [2.05, 4.69) is 15.3 Å². The molecular formula is C15H21F2N5. The van der Waals surface area contributed by atoms with Crippen LogP contribution in [0.2, 0.25) is 0 Å². The third-order valence-corrected chi connectivity index (χ3v) is 4.55. The van der Waals surface area contributed by atoms with Crippen molar-refractivity contribution < 1.29 is 8.78 Å². The number of alkyl halides is 2. The number of nitrogens with zero attached hydrogens (tertiary/aromatic N) is 5. The van der Waals surface area contributed by atoms with Gasteiger partial charge in [-0.2, -0.15) is 0 Å². The highest BCUT2D eigenvalue weighted by atomic mass is 19.3. The molecule has 0 bridgehead atoms. The van der Waals surface area contributed by atoms with E-state index in [0.29, 0.717) is 25.9 Å². The van der Waals surface area contributed by atoms with Crippen LogP contribution in [-0.4, -0.2) is 30.5 Å². The molecule has 0 saturated heterocycles. The van der Waals surface area contributed by atoms with E-state index in [1.165, 1.54) is 0 Å². The quantitative estimate of drug-likeness (QED) is 0.872. The summed E-state index contributed by atoms with van der Waals surface area (Å²) in [4.78, 5) is 4.26. The number of hydrogen-bond acceptors (Lipinski definition) is 3. The summed E-state index contributed by atoms with van der Waals surface area (Å²) >= 11 is 0. The van der Waals surface area contributed by atoms with Crippen LogP contribution in [0.3, 0.4) is 0 Å². The second-order valence-electron chi connectivity index (χ2n) is 6.27. The van der Waals surface area contributed by atoms with Crippen molar-refractivity contribution in [2.45, 2.75) is 58.5 Å². The Kier molecular flexibility index (Phi) is 3.97. The molecule has 0 spiro atoms. The first-order chi connectivity index (χ1) is 10.4. The first kappa shape index (κ1) is 15.1. The number of aromatic nitrogens is 5. The molecule has 7 heteroatoms. The lowest BCUT2D eigenvalue weighted by Gasteiger charge is -2.27. The average molecular weight is 309 g/mol. The van der Waals surface area contributed by atoms with Crippen LogP contribution in [-0.2, 0) is 13.1 Å². The summed E-state index contributed by atoms with van der Waals surface area (Å²) < 4.78 is 30.1. The van der Waals surface area contributed by atoms with Crippen LogP contribution >= 0.6 is 0 Å². The van der Waals surface area contributed by atoms with Crippen LogP contribution in [0.5, 0.6) is 0 Å². The maximum atomic E-state index is 13.2. The molecule has 0 aliphatic heterocycles. The molecule has 0 unspecified atom stereocenters. The van der Waals surface area contributed by atoms with Gasteiger partial charge in [-0.3, -0.25) is 4.68 Å². The third kappa shape index (κ3) is 3.34. The van der Waals surface area contributed by atoms with E-state index < -0.39 is 5.92 Å². The summed E-state index contributed by atoms with van der Waals surface area (Å²) in [7, 11) is 0. The number of hydrogen-bond donors (Lipinski definition) is 0. The van der Waals surface area contributed by atoms with Crippen LogP contribution in [0, 0.1) is 19.8 Å². The highest BCUT2D eigenvalue weighted by molar-refractivity contribution is 5.10. The van der Waals surface area contributed by atoms with Crippen molar-refractivity contribution in [1.29, 1.82) is 0 Å². The second kappa shape index (κ2) is 5.78. The summed E-state index contributed by atoms with van der Waals surface area (Å²) in [6, 6.07) is 0. The van der Waals surface area contributed by atoms with Crippen LogP contribution in [0.1, 0.15) is 42.8 Å². The molecule has 3 rings (SSSR count). The van der Waals surface area contributed by atoms with Crippen LogP contribution in [0.25, 0.3) is 0 Å². The summed E-state index contributed by atoms with van der Waals surface area (Å²) in [6.45, 7) is 5.30. The maximum absolute atomic E-state index is 13.2. The molecule has 1 aliphatic carbocycles. The largest absolute Gasteiger partial charge is 0.328 e. The first-order valence-electron chi connectivity index (χ1n) is 7.68. The van der Waals surface area contributed by atoms with Gasteiger partial charge < -0.3 is 4.57 Å². The molecule has 0 radical (unpaired) electrons. The van der Waals surface area contributed by atoms with Gasteiger partial charge in [-0.25, -0.2) is 13.8 Å². The van der Waals surface area contributed by atoms with E-state index in [1.807, 2.05) is 24.6 Å². The summed E-state index contributed by atoms with van der Waals surface area (Å²) in [5.41, 5.74) is 2.99. The molecule has 22 heavy (non-hydrogen) atoms. The lowest BCUT2D eigenvalue weighted by molar-refractivity contribution is -0.0476. The smallest absolute Gasteiger partial charge is 0.248 e. The van der Waals surface area contributed by atoms with E-state index in [-0.39, 0.29) is 18.8 Å². The van der Waals surface area contributed by atoms with Gasteiger partial charge in [0.15, 0.2) is 0 Å². The molecule has 2 heterocycles. The van der Waals surface area contributed by atoms with Gasteiger partial charge in [0, 0.05) is 25.1 Å². The van der Waals surface area contributed by atoms with Crippen molar-refractivity contribution in [3.8, 4) is 0 Å². The molecule has 0 amide bonds. The fraction of sp³-hybridized carbons (Fsp3) is 0.667. The Labute approximate surface area is 128 Å². The zero-order chi connectivity index (χ0) is 15.7. The molecule has 2 aromatic rings. The van der Waals surface area contributed by atoms with E-state index in [1.54, 1.807) is 11.0 Å². The Balaban J connectivity index is 1.59. The van der Waals surface area contributed by atoms with Crippen molar-refractivity contribution in [3.05, 3.63) is 29.6 Å². The summed E-state index contributed by atoms with van der Waals surface area (Å²) in [5.74, 6) is -2.20. The highest BCUT2D eigenvalue weighted by Gasteiger charge is 2.34. The van der Waals surface area contributed by atoms with Crippen molar-refractivity contribution >= 4 is 0 Å². The standard InChI is InChI=1S/C15H21F2N5/c1-11-12(2)21(10-18-11)8-14-9-22(20-19-14)7-13-3-5-15(16,17)6-4-13/h9-10,13H,3-8H2,1-2H3. The van der Waals surface area contributed by atoms with Gasteiger partial charge in [0.1, 0.15) is 5.69 Å². The minimum Gasteiger partial charge on any atom is -0.328 e. The van der Waals surface area contributed by atoms with Crippen LogP contribution in [0.15, 0.2) is 12.5 Å². The van der Waals surface area contributed by atoms with Gasteiger partial charge in [-0.15, -0.1) is 5.10 Å². The normalized spacial score (nSPS) is 18.7. The van der Waals surface area contributed by atoms with E-state index in [9.17, 15) is 8.78 Å². The van der Waals surface area contributed by atoms with Gasteiger partial charge in [0.25, 0.3) is 0 Å². The topological polar surface area (TPSA) is 48.5 Å². The predicted molar refractivity (Wildman–Crippen MR) is 77.7 cm³/mol. The van der Waals surface area contributed by atoms with E-state index in [4.69, 9.17) is 0 Å². The highest BCUT2D eigenvalue weighted by Crippen LogP contribution is 2.36. The van der Waals surface area contributed by atoms with Crippen LogP contribution in [0.4, 0.5) is 8.78 Å². The van der Waals surface area contributed by atoms with Crippen molar-refractivity contribution in [1.82, 2.24) is 24.5 Å². The molecule has 0 atom stereocenters. The molecule has 0 aromatic carbocycles. The third-order valence-electron chi connectivity index (χ3n) is 4.55. The van der Waals surface area contributed by atoms with E-state index in [0.717, 1.165) is 17.1 Å². The Morgan fingerprint density at radius 2 is 2.00 bits per heavy atom. The van der Waals surface area contributed by atoms with Crippen LogP contribution < -0.4 is 0 Å². The minimum absolute atomic E-state index is 0.00721. The Hall–Kier alpha value is -1.79. The molecule has 0 N–H and O–H groups in total. The first-order valence-corrected chi connectivity index (χ1v) is 7.68. The number of imidazole rings is 1. The summed E-state index contributed by atoms with van der Waals surface area (Å²) in [5, 5.41) is 8.30. The molecule has 2 aromatic heterocycles. The monoisotopic (exact) mass is 309 g/mol. The lowest BCUT2D eigenvalue weighted by Crippen LogP contribution is -2.26. The van der Waals surface area contributed by atoms with Gasteiger partial charge >= 0.3 is 0 Å². The molecular weight excluding hydrogens is 288 g/mol. The minimum atomic E-state index is -2.47. The lowest BCUT2D eigenvalue weighted by atomic mass is 9.87. The number of aryl methyl sites for hydroxylation is 1. The fourth-order valence-electron chi connectivity index (χ4n) is 2.93. The zero-order valence-electron chi connectivity index (χ0n) is 13.0. The number of rotatable bonds is 4. The zero-order valence-corrected chi connectivity index (χ0v) is 13.0. The molecule has 1 fully saturated rings. The SMILES string of the molecule is Cc1ncn(Cc2cn(CC3CCC(F)(F)CC3)nn2)c1C. The average Bonchev–Trinajstić information content (AvgIpc) is 3.03. The van der Waals surface area contributed by atoms with Crippen molar-refractivity contribution in [2.24, 2.45) is 5.92 Å². The number of halogens is 2. The van der Waals surface area contributed by atoms with E-state index >= 15 is 0 Å². The van der Waals surface area contributed by atoms with Gasteiger partial charge in [0.05, 0.1) is 24.8 Å². The molecule has 5 nitrogen and oxygen atoms in total. The molecule has 1 saturated carbocycles.